The van der Waals surface area contributed by atoms with Crippen molar-refractivity contribution >= 4 is 0 Å². The van der Waals surface area contributed by atoms with Gasteiger partial charge in [0.15, 0.2) is 0 Å². The summed E-state index contributed by atoms with van der Waals surface area (Å²) in [5.41, 5.74) is 3.44. The van der Waals surface area contributed by atoms with Gasteiger partial charge in [-0.2, -0.15) is 0 Å². The maximum absolute atomic E-state index is 10.2. The summed E-state index contributed by atoms with van der Waals surface area (Å²) < 4.78 is 0. The molecule has 0 saturated carbocycles. The fraction of sp³-hybridized carbons (Fsp3) is 0.524. The molecule has 0 aliphatic rings. The molecule has 1 aromatic rings. The van der Waals surface area contributed by atoms with Crippen LogP contribution in [0.5, 0.6) is 11.5 Å². The van der Waals surface area contributed by atoms with Crippen molar-refractivity contribution in [3.05, 3.63) is 47.1 Å². The van der Waals surface area contributed by atoms with E-state index in [9.17, 15) is 15.3 Å². The maximum atomic E-state index is 10.2. The van der Waals surface area contributed by atoms with Crippen molar-refractivity contribution in [1.82, 2.24) is 0 Å². The lowest BCUT2D eigenvalue weighted by atomic mass is 9.99. The van der Waals surface area contributed by atoms with Gasteiger partial charge in [-0.3, -0.25) is 0 Å². The number of rotatable bonds is 10. The van der Waals surface area contributed by atoms with Crippen molar-refractivity contribution in [2.45, 2.75) is 71.8 Å². The molecule has 134 valence electrons. The van der Waals surface area contributed by atoms with Gasteiger partial charge in [0.25, 0.3) is 0 Å². The predicted molar refractivity (Wildman–Crippen MR) is 101 cm³/mol. The standard InChI is InChI=1S/C21H32O3/c1-5-6-7-8-17-13-20(23)18(21(24)14-17)11-9-16(4)10-12-19(22)15(2)3/h9,13-14,19,22-24H,2,5-8,10-12H2,1,3-4H3/b16-9+. The molecule has 0 heterocycles. The lowest BCUT2D eigenvalue weighted by molar-refractivity contribution is 0.201. The van der Waals surface area contributed by atoms with Crippen LogP contribution in [-0.2, 0) is 12.8 Å². The van der Waals surface area contributed by atoms with Crippen molar-refractivity contribution in [1.29, 1.82) is 0 Å². The third-order valence-electron chi connectivity index (χ3n) is 4.37. The first-order valence-corrected chi connectivity index (χ1v) is 8.88. The molecule has 0 aliphatic heterocycles. The minimum absolute atomic E-state index is 0.160. The Morgan fingerprint density at radius 2 is 1.79 bits per heavy atom. The van der Waals surface area contributed by atoms with E-state index in [2.05, 4.69) is 13.5 Å². The second-order valence-electron chi connectivity index (χ2n) is 6.73. The van der Waals surface area contributed by atoms with Crippen molar-refractivity contribution in [2.75, 3.05) is 0 Å². The highest BCUT2D eigenvalue weighted by molar-refractivity contribution is 5.47. The van der Waals surface area contributed by atoms with Crippen LogP contribution in [0.25, 0.3) is 0 Å². The molecule has 0 aromatic heterocycles. The highest BCUT2D eigenvalue weighted by atomic mass is 16.3. The molecular weight excluding hydrogens is 300 g/mol. The van der Waals surface area contributed by atoms with Gasteiger partial charge in [0.1, 0.15) is 11.5 Å². The van der Waals surface area contributed by atoms with Crippen LogP contribution in [0.15, 0.2) is 35.9 Å². The number of allylic oxidation sites excluding steroid dienone is 2. The summed E-state index contributed by atoms with van der Waals surface area (Å²) in [7, 11) is 0. The largest absolute Gasteiger partial charge is 0.508 e. The summed E-state index contributed by atoms with van der Waals surface area (Å²) in [5.74, 6) is 0.319. The number of aliphatic hydroxyl groups is 1. The molecule has 0 spiro atoms. The van der Waals surface area contributed by atoms with E-state index in [1.54, 1.807) is 12.1 Å². The molecule has 3 N–H and O–H groups in total. The molecule has 1 atom stereocenters. The van der Waals surface area contributed by atoms with Gasteiger partial charge >= 0.3 is 0 Å². The lowest BCUT2D eigenvalue weighted by Crippen LogP contribution is -2.06. The summed E-state index contributed by atoms with van der Waals surface area (Å²) >= 11 is 0. The molecule has 0 radical (unpaired) electrons. The Balaban J connectivity index is 2.67. The molecule has 3 heteroatoms. The number of hydrogen-bond donors (Lipinski definition) is 3. The van der Waals surface area contributed by atoms with Gasteiger partial charge in [0.05, 0.1) is 6.10 Å². The highest BCUT2D eigenvalue weighted by Crippen LogP contribution is 2.30. The van der Waals surface area contributed by atoms with E-state index in [1.165, 1.54) is 0 Å². The molecule has 1 unspecified atom stereocenters. The van der Waals surface area contributed by atoms with Gasteiger partial charge in [-0.05, 0) is 63.6 Å². The number of aliphatic hydroxyl groups excluding tert-OH is 1. The second kappa shape index (κ2) is 10.2. The molecule has 0 aliphatic carbocycles. The molecule has 1 aromatic carbocycles. The van der Waals surface area contributed by atoms with E-state index in [4.69, 9.17) is 0 Å². The summed E-state index contributed by atoms with van der Waals surface area (Å²) in [6, 6.07) is 3.53. The van der Waals surface area contributed by atoms with Crippen LogP contribution < -0.4 is 0 Å². The summed E-state index contributed by atoms with van der Waals surface area (Å²) in [5, 5.41) is 30.1. The van der Waals surface area contributed by atoms with Crippen LogP contribution in [0.2, 0.25) is 0 Å². The van der Waals surface area contributed by atoms with Gasteiger partial charge in [-0.25, -0.2) is 0 Å². The number of phenolic OH excluding ortho intramolecular Hbond substituents is 2. The molecule has 3 nitrogen and oxygen atoms in total. The van der Waals surface area contributed by atoms with Crippen LogP contribution in [0.3, 0.4) is 0 Å². The third-order valence-corrected chi connectivity index (χ3v) is 4.37. The zero-order chi connectivity index (χ0) is 18.1. The van der Waals surface area contributed by atoms with Crippen molar-refractivity contribution in [2.24, 2.45) is 0 Å². The number of phenols is 2. The van der Waals surface area contributed by atoms with Crippen LogP contribution in [0.1, 0.15) is 64.0 Å². The normalized spacial score (nSPS) is 13.1. The first kappa shape index (κ1) is 20.3. The number of benzene rings is 1. The minimum atomic E-state index is -0.474. The first-order chi connectivity index (χ1) is 11.3. The molecule has 0 bridgehead atoms. The average molecular weight is 332 g/mol. The molecule has 24 heavy (non-hydrogen) atoms. The quantitative estimate of drug-likeness (QED) is 0.416. The van der Waals surface area contributed by atoms with E-state index in [-0.39, 0.29) is 11.5 Å². The Morgan fingerprint density at radius 3 is 2.33 bits per heavy atom. The number of aromatic hydroxyl groups is 2. The molecule has 0 amide bonds. The SMILES string of the molecule is C=C(C)C(O)CC/C(C)=C/Cc1c(O)cc(CCCCC)cc1O. The van der Waals surface area contributed by atoms with Crippen molar-refractivity contribution in [3.63, 3.8) is 0 Å². The fourth-order valence-electron chi connectivity index (χ4n) is 2.62. The Morgan fingerprint density at radius 1 is 1.17 bits per heavy atom. The van der Waals surface area contributed by atoms with E-state index >= 15 is 0 Å². The Hall–Kier alpha value is -1.74. The Kier molecular flexibility index (Phi) is 8.62. The smallest absolute Gasteiger partial charge is 0.123 e. The number of aryl methyl sites for hydroxylation is 1. The Labute approximate surface area is 146 Å². The number of unbranched alkanes of at least 4 members (excludes halogenated alkanes) is 2. The molecular formula is C21H32O3. The van der Waals surface area contributed by atoms with Crippen LogP contribution in [-0.4, -0.2) is 21.4 Å². The average Bonchev–Trinajstić information content (AvgIpc) is 2.51. The van der Waals surface area contributed by atoms with Crippen molar-refractivity contribution < 1.29 is 15.3 Å². The first-order valence-electron chi connectivity index (χ1n) is 8.88. The summed E-state index contributed by atoms with van der Waals surface area (Å²) in [6.45, 7) is 9.72. The van der Waals surface area contributed by atoms with Crippen LogP contribution in [0, 0.1) is 0 Å². The van der Waals surface area contributed by atoms with E-state index in [0.717, 1.165) is 48.8 Å². The zero-order valence-electron chi connectivity index (χ0n) is 15.3. The Bertz CT molecular complexity index is 549. The second-order valence-corrected chi connectivity index (χ2v) is 6.73. The monoisotopic (exact) mass is 332 g/mol. The van der Waals surface area contributed by atoms with Gasteiger partial charge < -0.3 is 15.3 Å². The minimum Gasteiger partial charge on any atom is -0.508 e. The predicted octanol–water partition coefficient (Wildman–Crippen LogP) is 5.04. The molecule has 1 rings (SSSR count). The van der Waals surface area contributed by atoms with Gasteiger partial charge in [0.2, 0.25) is 0 Å². The van der Waals surface area contributed by atoms with Gasteiger partial charge in [0, 0.05) is 5.56 Å². The van der Waals surface area contributed by atoms with Gasteiger partial charge in [-0.1, -0.05) is 43.6 Å². The van der Waals surface area contributed by atoms with Crippen LogP contribution >= 0.6 is 0 Å². The summed E-state index contributed by atoms with van der Waals surface area (Å²) in [6.07, 6.45) is 7.68. The maximum Gasteiger partial charge on any atom is 0.123 e. The molecule has 0 saturated heterocycles. The van der Waals surface area contributed by atoms with E-state index in [0.29, 0.717) is 18.4 Å². The topological polar surface area (TPSA) is 60.7 Å². The molecule has 0 fully saturated rings. The van der Waals surface area contributed by atoms with Crippen molar-refractivity contribution in [3.8, 4) is 11.5 Å². The van der Waals surface area contributed by atoms with E-state index in [1.807, 2.05) is 19.9 Å². The summed E-state index contributed by atoms with van der Waals surface area (Å²) in [4.78, 5) is 0. The zero-order valence-corrected chi connectivity index (χ0v) is 15.3. The third kappa shape index (κ3) is 6.79. The van der Waals surface area contributed by atoms with Gasteiger partial charge in [-0.15, -0.1) is 0 Å². The van der Waals surface area contributed by atoms with Crippen LogP contribution in [0.4, 0.5) is 0 Å². The van der Waals surface area contributed by atoms with E-state index < -0.39 is 6.10 Å². The fourth-order valence-corrected chi connectivity index (χ4v) is 2.62. The highest BCUT2D eigenvalue weighted by Gasteiger charge is 2.10. The lowest BCUT2D eigenvalue weighted by Gasteiger charge is -2.11. The number of hydrogen-bond acceptors (Lipinski definition) is 3.